The first kappa shape index (κ1) is 22.7. The predicted octanol–water partition coefficient (Wildman–Crippen LogP) is 5.67. The van der Waals surface area contributed by atoms with Gasteiger partial charge in [-0.15, -0.1) is 0 Å². The minimum absolute atomic E-state index is 0.0418. The summed E-state index contributed by atoms with van der Waals surface area (Å²) in [5, 5.41) is 3.22. The van der Waals surface area contributed by atoms with Crippen LogP contribution in [0.15, 0.2) is 58.3 Å². The topological polar surface area (TPSA) is 49.4 Å². The highest BCUT2D eigenvalue weighted by Gasteiger charge is 2.32. The first-order chi connectivity index (χ1) is 15.5. The van der Waals surface area contributed by atoms with Gasteiger partial charge in [0.05, 0.1) is 10.6 Å². The molecule has 2 aromatic carbocycles. The number of para-hydroxylation sites is 1. The second-order valence-electron chi connectivity index (χ2n) is 9.01. The molecule has 5 heteroatoms. The van der Waals surface area contributed by atoms with Gasteiger partial charge in [-0.1, -0.05) is 81.8 Å². The van der Waals surface area contributed by atoms with Gasteiger partial charge in [0.25, 0.3) is 5.91 Å². The van der Waals surface area contributed by atoms with Crippen LogP contribution in [0.4, 0.5) is 5.69 Å². The van der Waals surface area contributed by atoms with Gasteiger partial charge >= 0.3 is 0 Å². The molecule has 32 heavy (non-hydrogen) atoms. The Kier molecular flexibility index (Phi) is 7.04. The zero-order valence-electron chi connectivity index (χ0n) is 19.1. The van der Waals surface area contributed by atoms with Crippen molar-refractivity contribution in [2.45, 2.75) is 57.4 Å². The maximum Gasteiger partial charge on any atom is 0.265 e. The molecule has 4 rings (SSSR count). The number of amides is 2. The first-order valence-corrected chi connectivity index (χ1v) is 12.5. The molecule has 4 nitrogen and oxygen atoms in total. The third-order valence-electron chi connectivity index (χ3n) is 6.87. The lowest BCUT2D eigenvalue weighted by atomic mass is 9.78. The van der Waals surface area contributed by atoms with Gasteiger partial charge < -0.3 is 5.32 Å². The van der Waals surface area contributed by atoms with E-state index in [0.717, 1.165) is 35.4 Å². The molecule has 1 aliphatic heterocycles. The molecule has 1 fully saturated rings. The van der Waals surface area contributed by atoms with Crippen molar-refractivity contribution >= 4 is 35.3 Å². The monoisotopic (exact) mass is 448 g/mol. The molecule has 1 aliphatic carbocycles. The Balaban J connectivity index is 1.55. The van der Waals surface area contributed by atoms with Crippen molar-refractivity contribution in [3.63, 3.8) is 0 Å². The molecular formula is C27H32N2O2S. The summed E-state index contributed by atoms with van der Waals surface area (Å²) in [5.41, 5.74) is 3.07. The lowest BCUT2D eigenvalue weighted by Crippen LogP contribution is -2.49. The van der Waals surface area contributed by atoms with Crippen LogP contribution in [-0.4, -0.2) is 24.4 Å². The second-order valence-corrected chi connectivity index (χ2v) is 10.1. The molecule has 1 heterocycles. The largest absolute Gasteiger partial charge is 0.352 e. The zero-order chi connectivity index (χ0) is 22.7. The fraction of sp³-hybridized carbons (Fsp3) is 0.407. The molecule has 2 aliphatic rings. The van der Waals surface area contributed by atoms with Gasteiger partial charge in [-0.3, -0.25) is 14.5 Å². The molecule has 1 saturated carbocycles. The van der Waals surface area contributed by atoms with E-state index in [2.05, 4.69) is 38.2 Å². The number of nitrogens with zero attached hydrogens (tertiary/aromatic N) is 1. The van der Waals surface area contributed by atoms with Crippen LogP contribution in [0.3, 0.4) is 0 Å². The van der Waals surface area contributed by atoms with Crippen LogP contribution in [-0.2, 0) is 16.0 Å². The van der Waals surface area contributed by atoms with E-state index in [0.29, 0.717) is 16.7 Å². The number of carbonyl (C=O) groups excluding carboxylic acids is 2. The lowest BCUT2D eigenvalue weighted by molar-refractivity contribution is -0.123. The number of fused-ring (bicyclic) bond motifs is 1. The molecular weight excluding hydrogens is 416 g/mol. The third kappa shape index (κ3) is 4.93. The van der Waals surface area contributed by atoms with Crippen molar-refractivity contribution in [1.29, 1.82) is 0 Å². The number of benzene rings is 2. The molecule has 2 amide bonds. The highest BCUT2D eigenvalue weighted by molar-refractivity contribution is 8.04. The minimum Gasteiger partial charge on any atom is -0.352 e. The highest BCUT2D eigenvalue weighted by atomic mass is 32.2. The minimum atomic E-state index is -0.117. The number of thioether (sulfide) groups is 1. The molecule has 0 saturated heterocycles. The van der Waals surface area contributed by atoms with Crippen molar-refractivity contribution in [2.75, 3.05) is 11.4 Å². The van der Waals surface area contributed by atoms with Gasteiger partial charge in [-0.25, -0.2) is 0 Å². The van der Waals surface area contributed by atoms with Crippen LogP contribution in [0.1, 0.15) is 51.2 Å². The molecule has 0 aromatic heterocycles. The van der Waals surface area contributed by atoms with Crippen molar-refractivity contribution in [3.05, 3.63) is 64.6 Å². The van der Waals surface area contributed by atoms with Crippen LogP contribution in [0.25, 0.3) is 6.08 Å². The average Bonchev–Trinajstić information content (AvgIpc) is 2.80. The third-order valence-corrected chi connectivity index (χ3v) is 7.95. The van der Waals surface area contributed by atoms with E-state index in [1.165, 1.54) is 23.7 Å². The normalized spacial score (nSPS) is 24.3. The quantitative estimate of drug-likeness (QED) is 0.600. The van der Waals surface area contributed by atoms with E-state index in [1.54, 1.807) is 4.90 Å². The molecule has 3 atom stereocenters. The molecule has 0 radical (unpaired) electrons. The van der Waals surface area contributed by atoms with E-state index in [-0.39, 0.29) is 24.4 Å². The lowest BCUT2D eigenvalue weighted by Gasteiger charge is -2.35. The maximum absolute atomic E-state index is 13.4. The fourth-order valence-electron chi connectivity index (χ4n) is 4.60. The number of hydrogen-bond acceptors (Lipinski definition) is 3. The van der Waals surface area contributed by atoms with Crippen LogP contribution in [0.2, 0.25) is 0 Å². The molecule has 3 unspecified atom stereocenters. The van der Waals surface area contributed by atoms with Gasteiger partial charge in [-0.05, 0) is 54.0 Å². The summed E-state index contributed by atoms with van der Waals surface area (Å²) in [6, 6.07) is 16.3. The molecule has 2 aromatic rings. The smallest absolute Gasteiger partial charge is 0.265 e. The molecule has 1 N–H and O–H groups in total. The van der Waals surface area contributed by atoms with Gasteiger partial charge in [-0.2, -0.15) is 0 Å². The van der Waals surface area contributed by atoms with Crippen LogP contribution < -0.4 is 10.2 Å². The number of nitrogens with one attached hydrogen (secondary N) is 1. The number of hydrogen-bond donors (Lipinski definition) is 1. The molecule has 0 bridgehead atoms. The summed E-state index contributed by atoms with van der Waals surface area (Å²) < 4.78 is 0. The number of carbonyl (C=O) groups is 2. The zero-order valence-corrected chi connectivity index (χ0v) is 20.0. The van der Waals surface area contributed by atoms with Gasteiger partial charge in [0, 0.05) is 10.9 Å². The Hall–Kier alpha value is -2.53. The summed E-state index contributed by atoms with van der Waals surface area (Å²) in [6.07, 6.45) is 6.28. The Bertz CT molecular complexity index is 1010. The average molecular weight is 449 g/mol. The van der Waals surface area contributed by atoms with Crippen LogP contribution in [0, 0.1) is 11.8 Å². The summed E-state index contributed by atoms with van der Waals surface area (Å²) in [5.74, 6) is 0.858. The molecule has 0 spiro atoms. The van der Waals surface area contributed by atoms with Crippen molar-refractivity contribution < 1.29 is 9.59 Å². The van der Waals surface area contributed by atoms with Crippen molar-refractivity contribution in [1.82, 2.24) is 5.32 Å². The maximum atomic E-state index is 13.4. The Labute approximate surface area is 195 Å². The van der Waals surface area contributed by atoms with Crippen molar-refractivity contribution in [3.8, 4) is 0 Å². The predicted molar refractivity (Wildman–Crippen MR) is 133 cm³/mol. The van der Waals surface area contributed by atoms with Crippen LogP contribution in [0.5, 0.6) is 0 Å². The standard InChI is InChI=1S/C27H32N2O2S/c1-4-20-12-14-21(15-13-20)16-25-27(31)29(23-10-5-6-11-24(23)32-25)17-26(30)28-22-9-7-8-18(2)19(22)3/h5-6,10-16,18-19,22H,4,7-9,17H2,1-3H3,(H,28,30)/b25-16+. The van der Waals surface area contributed by atoms with Gasteiger partial charge in [0.2, 0.25) is 5.91 Å². The van der Waals surface area contributed by atoms with Gasteiger partial charge in [0.15, 0.2) is 0 Å². The number of rotatable bonds is 5. The Morgan fingerprint density at radius 3 is 2.62 bits per heavy atom. The highest BCUT2D eigenvalue weighted by Crippen LogP contribution is 2.42. The van der Waals surface area contributed by atoms with E-state index < -0.39 is 0 Å². The van der Waals surface area contributed by atoms with Crippen LogP contribution >= 0.6 is 11.8 Å². The second kappa shape index (κ2) is 9.95. The fourth-order valence-corrected chi connectivity index (χ4v) is 5.66. The SMILES string of the molecule is CCc1ccc(/C=C2/Sc3ccccc3N(CC(=O)NC3CCCC(C)C3C)C2=O)cc1. The van der Waals surface area contributed by atoms with E-state index >= 15 is 0 Å². The van der Waals surface area contributed by atoms with E-state index in [1.807, 2.05) is 42.5 Å². The summed E-state index contributed by atoms with van der Waals surface area (Å²) in [4.78, 5) is 29.7. The van der Waals surface area contributed by atoms with Gasteiger partial charge in [0.1, 0.15) is 6.54 Å². The summed E-state index contributed by atoms with van der Waals surface area (Å²) in [6.45, 7) is 6.65. The number of aryl methyl sites for hydroxylation is 1. The van der Waals surface area contributed by atoms with Crippen molar-refractivity contribution in [2.24, 2.45) is 11.8 Å². The van der Waals surface area contributed by atoms with E-state index in [9.17, 15) is 9.59 Å². The Morgan fingerprint density at radius 2 is 1.88 bits per heavy atom. The molecule has 168 valence electrons. The first-order valence-electron chi connectivity index (χ1n) is 11.6. The summed E-state index contributed by atoms with van der Waals surface area (Å²) >= 11 is 1.48. The summed E-state index contributed by atoms with van der Waals surface area (Å²) in [7, 11) is 0. The Morgan fingerprint density at radius 1 is 1.12 bits per heavy atom. The van der Waals surface area contributed by atoms with E-state index in [4.69, 9.17) is 0 Å². The number of anilines is 1.